The lowest BCUT2D eigenvalue weighted by Crippen LogP contribution is -2.51. The van der Waals surface area contributed by atoms with Crippen LogP contribution in [0.15, 0.2) is 54.0 Å². The summed E-state index contributed by atoms with van der Waals surface area (Å²) >= 11 is 1.44. The molecule has 2 aliphatic rings. The van der Waals surface area contributed by atoms with E-state index in [9.17, 15) is 9.90 Å². The quantitative estimate of drug-likeness (QED) is 0.652. The maximum Gasteiger partial charge on any atom is 0.255 e. The Morgan fingerprint density at radius 1 is 1.10 bits per heavy atom. The second kappa shape index (κ2) is 6.78. The van der Waals surface area contributed by atoms with Crippen LogP contribution in [-0.2, 0) is 6.54 Å². The van der Waals surface area contributed by atoms with Crippen LogP contribution in [0.1, 0.15) is 42.6 Å². The van der Waals surface area contributed by atoms with Crippen LogP contribution in [0, 0.1) is 5.92 Å². The molecule has 2 aromatic carbocycles. The van der Waals surface area contributed by atoms with E-state index in [0.717, 1.165) is 46.2 Å². The van der Waals surface area contributed by atoms with Crippen LogP contribution >= 0.6 is 11.5 Å². The molecule has 2 heterocycles. The molecule has 3 aromatic rings. The van der Waals surface area contributed by atoms with Crippen molar-refractivity contribution in [3.63, 3.8) is 0 Å². The van der Waals surface area contributed by atoms with E-state index < -0.39 is 5.60 Å². The van der Waals surface area contributed by atoms with Gasteiger partial charge in [-0.25, -0.2) is 4.37 Å². The predicted octanol–water partition coefficient (Wildman–Crippen LogP) is 4.98. The number of aromatic nitrogens is 1. The van der Waals surface area contributed by atoms with Gasteiger partial charge in [0.05, 0.1) is 17.2 Å². The van der Waals surface area contributed by atoms with Gasteiger partial charge in [0.25, 0.3) is 5.91 Å². The molecule has 1 N–H and O–H groups in total. The molecule has 1 aliphatic heterocycles. The third kappa shape index (κ3) is 3.28. The summed E-state index contributed by atoms with van der Waals surface area (Å²) < 4.78 is 4.17. The molecule has 0 spiro atoms. The molecule has 0 radical (unpaired) electrons. The van der Waals surface area contributed by atoms with Crippen molar-refractivity contribution in [2.24, 2.45) is 5.92 Å². The van der Waals surface area contributed by atoms with Crippen molar-refractivity contribution in [1.82, 2.24) is 9.27 Å². The number of amides is 1. The number of aliphatic hydroxyl groups is 1. The molecule has 0 saturated heterocycles. The number of hydrogen-bond acceptors (Lipinski definition) is 4. The third-order valence-electron chi connectivity index (χ3n) is 6.06. The Kier molecular flexibility index (Phi) is 4.33. The summed E-state index contributed by atoms with van der Waals surface area (Å²) in [5.74, 6) is 0.441. The van der Waals surface area contributed by atoms with Crippen molar-refractivity contribution in [2.45, 2.75) is 44.9 Å². The van der Waals surface area contributed by atoms with Crippen LogP contribution in [-0.4, -0.2) is 31.9 Å². The smallest absolute Gasteiger partial charge is 0.255 e. The Hall–Kier alpha value is -2.50. The topological polar surface area (TPSA) is 53.4 Å². The van der Waals surface area contributed by atoms with Gasteiger partial charge in [0.15, 0.2) is 0 Å². The number of benzene rings is 2. The lowest BCUT2D eigenvalue weighted by Gasteiger charge is -2.37. The van der Waals surface area contributed by atoms with Crippen LogP contribution in [0.4, 0.5) is 0 Å². The molecule has 0 bridgehead atoms. The minimum absolute atomic E-state index is 0.0423. The maximum atomic E-state index is 13.5. The van der Waals surface area contributed by atoms with Gasteiger partial charge in [0.2, 0.25) is 0 Å². The molecule has 1 saturated carbocycles. The standard InChI is InChI=1S/C24H24N2O2S/c1-24(2,28)22(17-10-11-17)26-13-18-4-3-5-20(21(18)23(26)27)16-8-6-15(7-9-16)19-12-25-29-14-19/h3-9,12,14,17,22,28H,10-11,13H2,1-2H3. The highest BCUT2D eigenvalue weighted by Crippen LogP contribution is 2.44. The zero-order valence-corrected chi connectivity index (χ0v) is 17.4. The van der Waals surface area contributed by atoms with E-state index >= 15 is 0 Å². The van der Waals surface area contributed by atoms with Gasteiger partial charge in [-0.1, -0.05) is 42.5 Å². The maximum absolute atomic E-state index is 13.5. The zero-order chi connectivity index (χ0) is 20.2. The lowest BCUT2D eigenvalue weighted by atomic mass is 9.92. The number of fused-ring (bicyclic) bond motifs is 1. The molecular weight excluding hydrogens is 380 g/mol. The van der Waals surface area contributed by atoms with Crippen LogP contribution in [0.25, 0.3) is 22.3 Å². The first-order chi connectivity index (χ1) is 13.9. The molecule has 29 heavy (non-hydrogen) atoms. The summed E-state index contributed by atoms with van der Waals surface area (Å²) in [6, 6.07) is 14.3. The Morgan fingerprint density at radius 3 is 2.45 bits per heavy atom. The first-order valence-electron chi connectivity index (χ1n) is 10.1. The molecule has 1 atom stereocenters. The van der Waals surface area contributed by atoms with Crippen molar-refractivity contribution in [2.75, 3.05) is 0 Å². The van der Waals surface area contributed by atoms with Gasteiger partial charge in [-0.05, 0) is 66.4 Å². The molecule has 5 rings (SSSR count). The minimum atomic E-state index is -0.907. The van der Waals surface area contributed by atoms with E-state index in [0.29, 0.717) is 12.5 Å². The third-order valence-corrected chi connectivity index (χ3v) is 6.64. The number of carbonyl (C=O) groups excluding carboxylic acids is 1. The fraction of sp³-hybridized carbons (Fsp3) is 0.333. The van der Waals surface area contributed by atoms with Crippen molar-refractivity contribution in [1.29, 1.82) is 0 Å². The van der Waals surface area contributed by atoms with E-state index in [-0.39, 0.29) is 11.9 Å². The summed E-state index contributed by atoms with van der Waals surface area (Å²) in [5, 5.41) is 12.8. The first kappa shape index (κ1) is 18.5. The average Bonchev–Trinajstić information content (AvgIpc) is 3.24. The highest BCUT2D eigenvalue weighted by Gasteiger charge is 2.48. The Morgan fingerprint density at radius 2 is 1.83 bits per heavy atom. The molecule has 1 aliphatic carbocycles. The van der Waals surface area contributed by atoms with Crippen LogP contribution < -0.4 is 0 Å². The fourth-order valence-corrected chi connectivity index (χ4v) is 5.21. The Balaban J connectivity index is 1.50. The van der Waals surface area contributed by atoms with Gasteiger partial charge in [-0.3, -0.25) is 4.79 Å². The van der Waals surface area contributed by atoms with E-state index in [1.54, 1.807) is 0 Å². The molecule has 1 aromatic heterocycles. The molecule has 4 nitrogen and oxygen atoms in total. The normalized spacial score (nSPS) is 17.5. The molecule has 1 fully saturated rings. The summed E-state index contributed by atoms with van der Waals surface area (Å²) in [6.45, 7) is 4.22. The van der Waals surface area contributed by atoms with Crippen LogP contribution in [0.2, 0.25) is 0 Å². The van der Waals surface area contributed by atoms with Crippen molar-refractivity contribution in [3.05, 3.63) is 65.2 Å². The molecule has 1 amide bonds. The average molecular weight is 405 g/mol. The molecule has 5 heteroatoms. The van der Waals surface area contributed by atoms with Crippen LogP contribution in [0.3, 0.4) is 0 Å². The number of rotatable bonds is 5. The fourth-order valence-electron chi connectivity index (χ4n) is 4.66. The molecule has 1 unspecified atom stereocenters. The summed E-state index contributed by atoms with van der Waals surface area (Å²) in [7, 11) is 0. The molecular formula is C24H24N2O2S. The zero-order valence-electron chi connectivity index (χ0n) is 16.6. The summed E-state index contributed by atoms with van der Waals surface area (Å²) in [5.41, 5.74) is 5.17. The van der Waals surface area contributed by atoms with E-state index in [1.807, 2.05) is 48.5 Å². The highest BCUT2D eigenvalue weighted by atomic mass is 32.1. The SMILES string of the molecule is CC(C)(O)C(C1CC1)N1Cc2cccc(-c3ccc(-c4cnsc4)cc3)c2C1=O. The van der Waals surface area contributed by atoms with E-state index in [1.165, 1.54) is 11.5 Å². The van der Waals surface area contributed by atoms with Crippen LogP contribution in [0.5, 0.6) is 0 Å². The predicted molar refractivity (Wildman–Crippen MR) is 116 cm³/mol. The number of carbonyl (C=O) groups is 1. The van der Waals surface area contributed by atoms with Gasteiger partial charge in [-0.2, -0.15) is 0 Å². The highest BCUT2D eigenvalue weighted by molar-refractivity contribution is 7.03. The lowest BCUT2D eigenvalue weighted by molar-refractivity contribution is -0.0224. The minimum Gasteiger partial charge on any atom is -0.388 e. The van der Waals surface area contributed by atoms with Crippen molar-refractivity contribution >= 4 is 17.4 Å². The van der Waals surface area contributed by atoms with Gasteiger partial charge in [0, 0.05) is 23.7 Å². The second-order valence-corrected chi connectivity index (χ2v) is 9.36. The van der Waals surface area contributed by atoms with E-state index in [4.69, 9.17) is 0 Å². The summed E-state index contributed by atoms with van der Waals surface area (Å²) in [4.78, 5) is 15.4. The largest absolute Gasteiger partial charge is 0.388 e. The van der Waals surface area contributed by atoms with E-state index in [2.05, 4.69) is 28.6 Å². The number of hydrogen-bond donors (Lipinski definition) is 1. The number of nitrogens with zero attached hydrogens (tertiary/aromatic N) is 2. The first-order valence-corrected chi connectivity index (χ1v) is 10.9. The second-order valence-electron chi connectivity index (χ2n) is 8.70. The van der Waals surface area contributed by atoms with Gasteiger partial charge < -0.3 is 10.0 Å². The summed E-state index contributed by atoms with van der Waals surface area (Å²) in [6.07, 6.45) is 4.04. The van der Waals surface area contributed by atoms with Gasteiger partial charge in [0.1, 0.15) is 0 Å². The Bertz CT molecular complexity index is 1050. The van der Waals surface area contributed by atoms with Crippen molar-refractivity contribution < 1.29 is 9.90 Å². The van der Waals surface area contributed by atoms with Gasteiger partial charge in [-0.15, -0.1) is 0 Å². The molecule has 148 valence electrons. The van der Waals surface area contributed by atoms with Crippen molar-refractivity contribution in [3.8, 4) is 22.3 Å². The monoisotopic (exact) mass is 404 g/mol. The Labute approximate surface area is 175 Å². The van der Waals surface area contributed by atoms with Gasteiger partial charge >= 0.3 is 0 Å².